The predicted octanol–water partition coefficient (Wildman–Crippen LogP) is 1.97. The van der Waals surface area contributed by atoms with E-state index in [4.69, 9.17) is 11.3 Å². The van der Waals surface area contributed by atoms with Gasteiger partial charge in [0, 0.05) is 17.0 Å². The van der Waals surface area contributed by atoms with E-state index in [1.807, 2.05) is 6.07 Å². The minimum atomic E-state index is -1.08. The van der Waals surface area contributed by atoms with Crippen LogP contribution in [0.4, 0.5) is 5.13 Å². The van der Waals surface area contributed by atoms with Gasteiger partial charge in [-0.05, 0) is 18.0 Å². The Bertz CT molecular complexity index is 623. The Hall–Kier alpha value is -1.86. The number of nitrogens with zero attached hydrogens (tertiary/aromatic N) is 4. The van der Waals surface area contributed by atoms with Crippen molar-refractivity contribution in [2.24, 2.45) is 5.11 Å². The number of benzene rings is 1. The number of hydrogen-bond donors (Lipinski definition) is 3. The fourth-order valence-corrected chi connectivity index (χ4v) is 2.59. The number of rotatable bonds is 5. The van der Waals surface area contributed by atoms with Crippen LogP contribution in [-0.4, -0.2) is 27.8 Å². The molecule has 8 heteroatoms. The van der Waals surface area contributed by atoms with Crippen molar-refractivity contribution >= 4 is 26.7 Å². The van der Waals surface area contributed by atoms with Crippen LogP contribution < -0.4 is 5.73 Å². The zero-order chi connectivity index (χ0) is 13.8. The van der Waals surface area contributed by atoms with Gasteiger partial charge in [-0.1, -0.05) is 28.6 Å². The van der Waals surface area contributed by atoms with Gasteiger partial charge in [0.15, 0.2) is 5.13 Å². The summed E-state index contributed by atoms with van der Waals surface area (Å²) in [5, 5.41) is 23.8. The molecule has 0 radical (unpaired) electrons. The van der Waals surface area contributed by atoms with Crippen LogP contribution in [0.15, 0.2) is 23.3 Å². The molecule has 1 heterocycles. The van der Waals surface area contributed by atoms with Gasteiger partial charge in [0.1, 0.15) is 6.10 Å². The monoisotopic (exact) mass is 279 g/mol. The SMILES string of the molecule is [N-]=[N+]=NCCC(O)C(O)c1cccc2sc(N)nc12. The number of aliphatic hydroxyl groups is 2. The van der Waals surface area contributed by atoms with E-state index in [1.54, 1.807) is 12.1 Å². The number of thiazole rings is 1. The molecule has 1 aromatic carbocycles. The summed E-state index contributed by atoms with van der Waals surface area (Å²) in [5.41, 5.74) is 14.9. The zero-order valence-electron chi connectivity index (χ0n) is 9.97. The van der Waals surface area contributed by atoms with E-state index in [-0.39, 0.29) is 13.0 Å². The highest BCUT2D eigenvalue weighted by Gasteiger charge is 2.21. The average Bonchev–Trinajstić information content (AvgIpc) is 2.78. The van der Waals surface area contributed by atoms with Crippen LogP contribution in [0.3, 0.4) is 0 Å². The minimum Gasteiger partial charge on any atom is -0.390 e. The molecule has 0 amide bonds. The molecule has 4 N–H and O–H groups in total. The van der Waals surface area contributed by atoms with Crippen LogP contribution >= 0.6 is 11.3 Å². The lowest BCUT2D eigenvalue weighted by atomic mass is 10.0. The Morgan fingerprint density at radius 1 is 1.47 bits per heavy atom. The molecule has 0 aliphatic carbocycles. The van der Waals surface area contributed by atoms with Gasteiger partial charge in [0.05, 0.1) is 16.3 Å². The highest BCUT2D eigenvalue weighted by Crippen LogP contribution is 2.31. The second-order valence-corrected chi connectivity index (χ2v) is 5.06. The third-order valence-corrected chi connectivity index (χ3v) is 3.59. The average molecular weight is 279 g/mol. The molecule has 1 aromatic heterocycles. The highest BCUT2D eigenvalue weighted by atomic mass is 32.1. The van der Waals surface area contributed by atoms with E-state index in [0.717, 1.165) is 4.70 Å². The van der Waals surface area contributed by atoms with Crippen LogP contribution in [-0.2, 0) is 0 Å². The van der Waals surface area contributed by atoms with Gasteiger partial charge in [0.2, 0.25) is 0 Å². The first-order chi connectivity index (χ1) is 9.13. The summed E-state index contributed by atoms with van der Waals surface area (Å²) in [6.45, 7) is 0.129. The Kier molecular flexibility index (Phi) is 4.18. The second-order valence-electron chi connectivity index (χ2n) is 4.00. The highest BCUT2D eigenvalue weighted by molar-refractivity contribution is 7.22. The number of nitrogen functional groups attached to an aromatic ring is 1. The van der Waals surface area contributed by atoms with Gasteiger partial charge < -0.3 is 15.9 Å². The molecular formula is C11H13N5O2S. The van der Waals surface area contributed by atoms with E-state index in [1.165, 1.54) is 11.3 Å². The van der Waals surface area contributed by atoms with Crippen molar-refractivity contribution in [3.63, 3.8) is 0 Å². The molecule has 2 unspecified atom stereocenters. The van der Waals surface area contributed by atoms with Crippen molar-refractivity contribution in [1.82, 2.24) is 4.98 Å². The number of aliphatic hydroxyl groups excluding tert-OH is 2. The largest absolute Gasteiger partial charge is 0.390 e. The number of nitrogens with two attached hydrogens (primary N) is 1. The minimum absolute atomic E-state index is 0.129. The summed E-state index contributed by atoms with van der Waals surface area (Å²) in [7, 11) is 0. The first-order valence-corrected chi connectivity index (χ1v) is 6.47. The van der Waals surface area contributed by atoms with Gasteiger partial charge in [-0.25, -0.2) is 4.98 Å². The molecule has 0 aliphatic heterocycles. The normalized spacial score (nSPS) is 14.0. The Labute approximate surface area is 112 Å². The lowest BCUT2D eigenvalue weighted by Crippen LogP contribution is -2.19. The molecule has 100 valence electrons. The maximum atomic E-state index is 10.1. The molecular weight excluding hydrogens is 266 g/mol. The zero-order valence-corrected chi connectivity index (χ0v) is 10.8. The van der Waals surface area contributed by atoms with Gasteiger partial charge in [-0.15, -0.1) is 0 Å². The fraction of sp³-hybridized carbons (Fsp3) is 0.364. The predicted molar refractivity (Wildman–Crippen MR) is 73.6 cm³/mol. The molecule has 0 fully saturated rings. The molecule has 2 aromatic rings. The topological polar surface area (TPSA) is 128 Å². The van der Waals surface area contributed by atoms with E-state index in [2.05, 4.69) is 15.0 Å². The summed E-state index contributed by atoms with van der Waals surface area (Å²) < 4.78 is 0.858. The van der Waals surface area contributed by atoms with Crippen LogP contribution in [0.5, 0.6) is 0 Å². The standard InChI is InChI=1S/C11H13N5O2S/c12-11-15-9-6(2-1-3-8(9)19-11)10(18)7(17)4-5-14-16-13/h1-3,7,10,17-18H,4-5H2,(H2,12,15). The number of hydrogen-bond acceptors (Lipinski definition) is 6. The molecule has 0 saturated carbocycles. The number of anilines is 1. The third kappa shape index (κ3) is 2.94. The van der Waals surface area contributed by atoms with Crippen molar-refractivity contribution < 1.29 is 10.2 Å². The van der Waals surface area contributed by atoms with Crippen LogP contribution in [0.1, 0.15) is 18.1 Å². The molecule has 0 spiro atoms. The number of azide groups is 1. The van der Waals surface area contributed by atoms with Crippen molar-refractivity contribution in [1.29, 1.82) is 0 Å². The first-order valence-electron chi connectivity index (χ1n) is 5.65. The summed E-state index contributed by atoms with van der Waals surface area (Å²) >= 11 is 1.32. The molecule has 0 bridgehead atoms. The Morgan fingerprint density at radius 3 is 3.00 bits per heavy atom. The first kappa shape index (κ1) is 13.6. The van der Waals surface area contributed by atoms with E-state index >= 15 is 0 Å². The van der Waals surface area contributed by atoms with Crippen LogP contribution in [0.25, 0.3) is 20.7 Å². The van der Waals surface area contributed by atoms with Crippen molar-refractivity contribution in [2.75, 3.05) is 12.3 Å². The maximum Gasteiger partial charge on any atom is 0.181 e. The Morgan fingerprint density at radius 2 is 2.26 bits per heavy atom. The lowest BCUT2D eigenvalue weighted by Gasteiger charge is -2.17. The van der Waals surface area contributed by atoms with Gasteiger partial charge in [-0.3, -0.25) is 0 Å². The smallest absolute Gasteiger partial charge is 0.181 e. The summed E-state index contributed by atoms with van der Waals surface area (Å²) in [5.74, 6) is 0. The molecule has 7 nitrogen and oxygen atoms in total. The van der Waals surface area contributed by atoms with Crippen molar-refractivity contribution in [2.45, 2.75) is 18.6 Å². The lowest BCUT2D eigenvalue weighted by molar-refractivity contribution is 0.0158. The van der Waals surface area contributed by atoms with Gasteiger partial charge in [-0.2, -0.15) is 0 Å². The van der Waals surface area contributed by atoms with Gasteiger partial charge in [0.25, 0.3) is 0 Å². The summed E-state index contributed by atoms with van der Waals surface area (Å²) in [6, 6.07) is 5.33. The molecule has 0 aliphatic rings. The number of para-hydroxylation sites is 1. The Balaban J connectivity index is 2.25. The fourth-order valence-electron chi connectivity index (χ4n) is 1.83. The van der Waals surface area contributed by atoms with E-state index < -0.39 is 12.2 Å². The summed E-state index contributed by atoms with van der Waals surface area (Å²) in [4.78, 5) is 6.75. The maximum absolute atomic E-state index is 10.1. The number of fused-ring (bicyclic) bond motifs is 1. The second kappa shape index (κ2) is 5.85. The molecule has 19 heavy (non-hydrogen) atoms. The molecule has 0 saturated heterocycles. The van der Waals surface area contributed by atoms with Gasteiger partial charge >= 0.3 is 0 Å². The molecule has 2 atom stereocenters. The van der Waals surface area contributed by atoms with E-state index in [0.29, 0.717) is 16.2 Å². The quantitative estimate of drug-likeness (QED) is 0.439. The van der Waals surface area contributed by atoms with Crippen molar-refractivity contribution in [3.05, 3.63) is 34.2 Å². The van der Waals surface area contributed by atoms with Crippen LogP contribution in [0.2, 0.25) is 0 Å². The third-order valence-electron chi connectivity index (χ3n) is 2.74. The van der Waals surface area contributed by atoms with E-state index in [9.17, 15) is 10.2 Å². The number of aromatic nitrogens is 1. The van der Waals surface area contributed by atoms with Crippen LogP contribution in [0, 0.1) is 0 Å². The molecule has 2 rings (SSSR count). The summed E-state index contributed by atoms with van der Waals surface area (Å²) in [6.07, 6.45) is -1.92. The van der Waals surface area contributed by atoms with Crippen molar-refractivity contribution in [3.8, 4) is 0 Å².